The fourth-order valence-corrected chi connectivity index (χ4v) is 3.99. The predicted octanol–water partition coefficient (Wildman–Crippen LogP) is 1.75. The van der Waals surface area contributed by atoms with E-state index in [0.717, 1.165) is 6.08 Å². The number of piperazine rings is 1. The number of rotatable bonds is 5. The van der Waals surface area contributed by atoms with Crippen molar-refractivity contribution in [3.63, 3.8) is 0 Å². The van der Waals surface area contributed by atoms with E-state index in [9.17, 15) is 22.8 Å². The van der Waals surface area contributed by atoms with E-state index in [2.05, 4.69) is 10.4 Å². The van der Waals surface area contributed by atoms with Gasteiger partial charge in [0.05, 0.1) is 12.1 Å². The average Bonchev–Trinajstić information content (AvgIpc) is 3.20. The number of allylic oxidation sites excluding steroid dienone is 3. The number of alkyl halides is 3. The number of carbonyl (C=O) groups excluding carboxylic acids is 2. The zero-order valence-electron chi connectivity index (χ0n) is 18.2. The molecule has 1 N–H and O–H groups in total. The summed E-state index contributed by atoms with van der Waals surface area (Å²) in [4.78, 5) is 29.2. The molecule has 2 aliphatic rings. The number of benzene rings is 1. The highest BCUT2D eigenvalue weighted by Crippen LogP contribution is 2.34. The average molecular weight is 462 g/mol. The largest absolute Gasteiger partial charge is 0.431 e. The van der Waals surface area contributed by atoms with E-state index in [1.54, 1.807) is 42.4 Å². The van der Waals surface area contributed by atoms with Gasteiger partial charge in [-0.1, -0.05) is 12.2 Å². The van der Waals surface area contributed by atoms with Gasteiger partial charge in [-0.15, -0.1) is 0 Å². The lowest BCUT2D eigenvalue weighted by Gasteiger charge is -2.34. The number of anilines is 1. The van der Waals surface area contributed by atoms with Gasteiger partial charge in [0.25, 0.3) is 0 Å². The van der Waals surface area contributed by atoms with Crippen molar-refractivity contribution in [1.82, 2.24) is 24.9 Å². The molecule has 33 heavy (non-hydrogen) atoms. The Bertz CT molecular complexity index is 1100. The number of carbonyl (C=O) groups is 2. The van der Waals surface area contributed by atoms with Gasteiger partial charge in [0.2, 0.25) is 11.8 Å². The Balaban J connectivity index is 1.42. The monoisotopic (exact) mass is 462 g/mol. The van der Waals surface area contributed by atoms with E-state index in [1.807, 2.05) is 4.90 Å². The molecule has 8 nitrogen and oxygen atoms in total. The van der Waals surface area contributed by atoms with Gasteiger partial charge in [-0.25, -0.2) is 0 Å². The number of hydrogen-bond acceptors (Lipinski definition) is 5. The van der Waals surface area contributed by atoms with Gasteiger partial charge in [0.1, 0.15) is 12.2 Å². The number of hydrogen-bond donors (Lipinski definition) is 1. The summed E-state index contributed by atoms with van der Waals surface area (Å²) in [5, 5.41) is 7.65. The fraction of sp³-hybridized carbons (Fsp3) is 0.409. The molecule has 2 amide bonds. The van der Waals surface area contributed by atoms with Crippen molar-refractivity contribution < 1.29 is 22.8 Å². The Morgan fingerprint density at radius 3 is 2.58 bits per heavy atom. The van der Waals surface area contributed by atoms with Gasteiger partial charge >= 0.3 is 6.18 Å². The van der Waals surface area contributed by atoms with Crippen molar-refractivity contribution in [3.8, 4) is 0 Å². The van der Waals surface area contributed by atoms with Crippen LogP contribution in [0.4, 0.5) is 18.9 Å². The third kappa shape index (κ3) is 5.19. The molecule has 11 heteroatoms. The highest BCUT2D eigenvalue weighted by Gasteiger charge is 2.38. The summed E-state index contributed by atoms with van der Waals surface area (Å²) in [5.41, 5.74) is 0.294. The van der Waals surface area contributed by atoms with Crippen LogP contribution in [0, 0.1) is 0 Å². The zero-order chi connectivity index (χ0) is 23.6. The van der Waals surface area contributed by atoms with E-state index < -0.39 is 11.9 Å². The molecule has 0 saturated carbocycles. The maximum Gasteiger partial charge on any atom is 0.431 e. The minimum atomic E-state index is -4.46. The van der Waals surface area contributed by atoms with Crippen molar-refractivity contribution in [2.75, 3.05) is 51.2 Å². The van der Waals surface area contributed by atoms with E-state index in [-0.39, 0.29) is 24.9 Å². The van der Waals surface area contributed by atoms with Crippen LogP contribution < -0.4 is 10.2 Å². The smallest absolute Gasteiger partial charge is 0.358 e. The van der Waals surface area contributed by atoms with Crippen molar-refractivity contribution >= 4 is 28.4 Å². The van der Waals surface area contributed by atoms with Crippen LogP contribution in [0.25, 0.3) is 10.9 Å². The summed E-state index contributed by atoms with van der Waals surface area (Å²) in [6.07, 6.45) is 1.34. The fourth-order valence-electron chi connectivity index (χ4n) is 3.99. The van der Waals surface area contributed by atoms with E-state index in [4.69, 9.17) is 0 Å². The van der Waals surface area contributed by atoms with Gasteiger partial charge in [0, 0.05) is 57.0 Å². The van der Waals surface area contributed by atoms with Crippen molar-refractivity contribution in [3.05, 3.63) is 48.3 Å². The number of aromatic nitrogens is 2. The molecule has 2 aromatic rings. The maximum atomic E-state index is 13.4. The standard InChI is InChI=1S/C22H25F3N6O2/c1-26-20(32)14-28-8-10-29(11-9-28)21(33)15-30-13-16-12-17(5-6-18(16)27-30)31-7-3-2-4-19(31)22(23,24)25/h2-6,12-13H,7-11,14-15H2,1H3,(H,26,32). The topological polar surface area (TPSA) is 73.7 Å². The van der Waals surface area contributed by atoms with E-state index in [1.165, 1.54) is 15.7 Å². The number of halogens is 3. The van der Waals surface area contributed by atoms with Crippen LogP contribution in [0.15, 0.2) is 48.3 Å². The van der Waals surface area contributed by atoms with E-state index in [0.29, 0.717) is 49.3 Å². The first-order chi connectivity index (χ1) is 15.7. The summed E-state index contributed by atoms with van der Waals surface area (Å²) in [6, 6.07) is 4.92. The summed E-state index contributed by atoms with van der Waals surface area (Å²) < 4.78 is 41.7. The van der Waals surface area contributed by atoms with Crippen molar-refractivity contribution in [1.29, 1.82) is 0 Å². The molecule has 1 aromatic heterocycles. The highest BCUT2D eigenvalue weighted by atomic mass is 19.4. The molecule has 176 valence electrons. The molecule has 4 rings (SSSR count). The maximum absolute atomic E-state index is 13.4. The van der Waals surface area contributed by atoms with Crippen LogP contribution in [0.5, 0.6) is 0 Å². The SMILES string of the molecule is CNC(=O)CN1CCN(C(=O)Cn2cc3cc(N4CC=CC=C4C(F)(F)F)ccc3n2)CC1. The van der Waals surface area contributed by atoms with Gasteiger partial charge in [0.15, 0.2) is 0 Å². The Kier molecular flexibility index (Phi) is 6.41. The molecule has 0 spiro atoms. The van der Waals surface area contributed by atoms with Crippen molar-refractivity contribution in [2.45, 2.75) is 12.7 Å². The predicted molar refractivity (Wildman–Crippen MR) is 117 cm³/mol. The van der Waals surface area contributed by atoms with Crippen LogP contribution in [-0.4, -0.2) is 83.9 Å². The van der Waals surface area contributed by atoms with Gasteiger partial charge in [-0.05, 0) is 24.3 Å². The number of likely N-dealkylation sites (N-methyl/N-ethyl adjacent to an activating group) is 1. The molecule has 0 atom stereocenters. The molecule has 0 bridgehead atoms. The van der Waals surface area contributed by atoms with Crippen molar-refractivity contribution in [2.24, 2.45) is 0 Å². The highest BCUT2D eigenvalue weighted by molar-refractivity contribution is 5.84. The molecule has 0 radical (unpaired) electrons. The summed E-state index contributed by atoms with van der Waals surface area (Å²) in [7, 11) is 1.59. The molecule has 2 aliphatic heterocycles. The molecule has 0 unspecified atom stereocenters. The lowest BCUT2D eigenvalue weighted by Crippen LogP contribution is -2.51. The Morgan fingerprint density at radius 1 is 1.12 bits per heavy atom. The number of fused-ring (bicyclic) bond motifs is 1. The first-order valence-electron chi connectivity index (χ1n) is 10.6. The molecular weight excluding hydrogens is 437 g/mol. The third-order valence-electron chi connectivity index (χ3n) is 5.77. The Morgan fingerprint density at radius 2 is 1.88 bits per heavy atom. The van der Waals surface area contributed by atoms with Crippen LogP contribution in [0.1, 0.15) is 0 Å². The van der Waals surface area contributed by atoms with Crippen LogP contribution in [0.3, 0.4) is 0 Å². The van der Waals surface area contributed by atoms with E-state index >= 15 is 0 Å². The minimum absolute atomic E-state index is 0.0413. The zero-order valence-corrected chi connectivity index (χ0v) is 18.2. The quantitative estimate of drug-likeness (QED) is 0.733. The Labute approximate surface area is 188 Å². The third-order valence-corrected chi connectivity index (χ3v) is 5.77. The molecular formula is C22H25F3N6O2. The second kappa shape index (κ2) is 9.26. The summed E-state index contributed by atoms with van der Waals surface area (Å²) in [6.45, 7) is 2.75. The first-order valence-corrected chi connectivity index (χ1v) is 10.6. The molecule has 0 aliphatic carbocycles. The van der Waals surface area contributed by atoms with Gasteiger partial charge in [-0.2, -0.15) is 18.3 Å². The van der Waals surface area contributed by atoms with Gasteiger partial charge < -0.3 is 15.1 Å². The number of nitrogens with one attached hydrogen (secondary N) is 1. The molecule has 3 heterocycles. The lowest BCUT2D eigenvalue weighted by molar-refractivity contribution is -0.134. The van der Waals surface area contributed by atoms with Crippen LogP contribution >= 0.6 is 0 Å². The number of nitrogens with zero attached hydrogens (tertiary/aromatic N) is 5. The van der Waals surface area contributed by atoms with Crippen LogP contribution in [-0.2, 0) is 16.1 Å². The molecule has 1 saturated heterocycles. The minimum Gasteiger partial charge on any atom is -0.358 e. The summed E-state index contributed by atoms with van der Waals surface area (Å²) in [5.74, 6) is -0.151. The Hall–Kier alpha value is -3.34. The molecule has 1 fully saturated rings. The first kappa shape index (κ1) is 22.8. The number of amides is 2. The molecule has 1 aromatic carbocycles. The lowest BCUT2D eigenvalue weighted by atomic mass is 10.1. The second-order valence-corrected chi connectivity index (χ2v) is 7.99. The summed E-state index contributed by atoms with van der Waals surface area (Å²) >= 11 is 0. The van der Waals surface area contributed by atoms with Gasteiger partial charge in [-0.3, -0.25) is 19.2 Å². The normalized spacial score (nSPS) is 17.4. The second-order valence-electron chi connectivity index (χ2n) is 7.99. The van der Waals surface area contributed by atoms with Crippen LogP contribution in [0.2, 0.25) is 0 Å².